The third-order valence-corrected chi connectivity index (χ3v) is 5.91. The van der Waals surface area contributed by atoms with E-state index in [1.165, 1.54) is 12.8 Å². The first-order chi connectivity index (χ1) is 13.7. The highest BCUT2D eigenvalue weighted by Gasteiger charge is 2.32. The molecule has 1 saturated carbocycles. The van der Waals surface area contributed by atoms with Gasteiger partial charge < -0.3 is 20.0 Å². The molecule has 0 bridgehead atoms. The number of hydrogen-bond donors (Lipinski definition) is 2. The van der Waals surface area contributed by atoms with E-state index in [1.54, 1.807) is 7.05 Å². The van der Waals surface area contributed by atoms with E-state index in [9.17, 15) is 4.79 Å². The predicted octanol–water partition coefficient (Wildman–Crippen LogP) is 3.55. The number of aliphatic imine (C=N–C) groups is 1. The summed E-state index contributed by atoms with van der Waals surface area (Å²) in [7, 11) is 1.78. The third-order valence-electron chi connectivity index (χ3n) is 5.91. The van der Waals surface area contributed by atoms with E-state index in [-0.39, 0.29) is 35.9 Å². The fraction of sp³-hybridized carbons (Fsp3) is 0.545. The van der Waals surface area contributed by atoms with E-state index in [0.717, 1.165) is 68.0 Å². The molecule has 2 aromatic rings. The van der Waals surface area contributed by atoms with Crippen molar-refractivity contribution in [1.82, 2.24) is 15.5 Å². The molecule has 1 atom stereocenters. The number of nitrogens with zero attached hydrogens (tertiary/aromatic N) is 2. The van der Waals surface area contributed by atoms with Crippen LogP contribution < -0.4 is 10.6 Å². The van der Waals surface area contributed by atoms with Gasteiger partial charge in [-0.2, -0.15) is 0 Å². The molecule has 1 aromatic carbocycles. The maximum absolute atomic E-state index is 12.6. The van der Waals surface area contributed by atoms with Crippen LogP contribution in [0.2, 0.25) is 0 Å². The van der Waals surface area contributed by atoms with Gasteiger partial charge in [-0.1, -0.05) is 31.0 Å². The number of benzene rings is 1. The molecule has 2 fully saturated rings. The minimum atomic E-state index is 0. The Kier molecular flexibility index (Phi) is 7.80. The number of carbonyl (C=O) groups is 1. The smallest absolute Gasteiger partial charge is 0.225 e. The number of likely N-dealkylation sites (tertiary alicyclic amines) is 1. The van der Waals surface area contributed by atoms with Gasteiger partial charge in [-0.15, -0.1) is 24.0 Å². The van der Waals surface area contributed by atoms with Gasteiger partial charge >= 0.3 is 0 Å². The Balaban J connectivity index is 0.00000240. The number of carbonyl (C=O) groups excluding carboxylic acids is 1. The lowest BCUT2D eigenvalue weighted by atomic mass is 10.1. The third kappa shape index (κ3) is 5.43. The summed E-state index contributed by atoms with van der Waals surface area (Å²) in [6, 6.07) is 10.4. The van der Waals surface area contributed by atoms with Crippen molar-refractivity contribution in [2.75, 3.05) is 26.7 Å². The largest absolute Gasteiger partial charge is 0.461 e. The summed E-state index contributed by atoms with van der Waals surface area (Å²) in [5.74, 6) is 2.38. The zero-order chi connectivity index (χ0) is 19.3. The zero-order valence-corrected chi connectivity index (χ0v) is 19.4. The molecule has 0 spiro atoms. The van der Waals surface area contributed by atoms with E-state index in [1.807, 2.05) is 23.1 Å². The number of furan rings is 1. The van der Waals surface area contributed by atoms with Gasteiger partial charge in [0.15, 0.2) is 5.96 Å². The van der Waals surface area contributed by atoms with Crippen LogP contribution in [0.25, 0.3) is 11.0 Å². The van der Waals surface area contributed by atoms with Crippen molar-refractivity contribution in [1.29, 1.82) is 0 Å². The average molecular weight is 510 g/mol. The van der Waals surface area contributed by atoms with Gasteiger partial charge in [-0.25, -0.2) is 0 Å². The summed E-state index contributed by atoms with van der Waals surface area (Å²) in [5.41, 5.74) is 0.929. The van der Waals surface area contributed by atoms with Crippen molar-refractivity contribution in [3.8, 4) is 0 Å². The van der Waals surface area contributed by atoms with Crippen LogP contribution in [0, 0.1) is 5.92 Å². The fourth-order valence-corrected chi connectivity index (χ4v) is 4.36. The second kappa shape index (κ2) is 10.3. The number of fused-ring (bicyclic) bond motifs is 1. The van der Waals surface area contributed by atoms with Gasteiger partial charge in [0.1, 0.15) is 11.3 Å². The molecule has 2 aliphatic rings. The number of para-hydroxylation sites is 1. The summed E-state index contributed by atoms with van der Waals surface area (Å²) < 4.78 is 5.86. The van der Waals surface area contributed by atoms with E-state index >= 15 is 0 Å². The number of nitrogens with one attached hydrogen (secondary N) is 2. The van der Waals surface area contributed by atoms with E-state index in [4.69, 9.17) is 4.42 Å². The SMILES string of the molecule is CN=C(NCCc1cc2ccccc2o1)NC1CCN(C(=O)C2CCCC2)C1.I. The van der Waals surface area contributed by atoms with Gasteiger partial charge in [-0.3, -0.25) is 9.79 Å². The maximum atomic E-state index is 12.6. The fourth-order valence-electron chi connectivity index (χ4n) is 4.36. The molecule has 4 rings (SSSR count). The van der Waals surface area contributed by atoms with Crippen LogP contribution in [-0.4, -0.2) is 49.5 Å². The second-order valence-electron chi connectivity index (χ2n) is 7.90. The van der Waals surface area contributed by atoms with Crippen molar-refractivity contribution in [3.63, 3.8) is 0 Å². The van der Waals surface area contributed by atoms with Crippen LogP contribution in [-0.2, 0) is 11.2 Å². The first-order valence-electron chi connectivity index (χ1n) is 10.5. The van der Waals surface area contributed by atoms with Crippen LogP contribution in [0.3, 0.4) is 0 Å². The average Bonchev–Trinajstić information content (AvgIpc) is 3.46. The zero-order valence-electron chi connectivity index (χ0n) is 17.0. The summed E-state index contributed by atoms with van der Waals surface area (Å²) >= 11 is 0. The van der Waals surface area contributed by atoms with Crippen molar-refractivity contribution < 1.29 is 9.21 Å². The Hall–Kier alpha value is -1.77. The number of halogens is 1. The van der Waals surface area contributed by atoms with Crippen LogP contribution >= 0.6 is 24.0 Å². The highest BCUT2D eigenvalue weighted by molar-refractivity contribution is 14.0. The minimum absolute atomic E-state index is 0. The lowest BCUT2D eigenvalue weighted by Crippen LogP contribution is -2.45. The van der Waals surface area contributed by atoms with Gasteiger partial charge in [0, 0.05) is 50.4 Å². The van der Waals surface area contributed by atoms with Crippen LogP contribution in [0.5, 0.6) is 0 Å². The molecule has 7 heteroatoms. The van der Waals surface area contributed by atoms with Crippen LogP contribution in [0.1, 0.15) is 37.9 Å². The highest BCUT2D eigenvalue weighted by atomic mass is 127. The molecule has 158 valence electrons. The number of rotatable bonds is 5. The Morgan fingerprint density at radius 1 is 1.24 bits per heavy atom. The standard InChI is InChI=1S/C22H30N4O2.HI/c1-23-22(24-12-10-19-14-17-8-4-5-9-20(17)28-19)25-18-11-13-26(15-18)21(27)16-6-2-3-7-16;/h4-5,8-9,14,16,18H,2-3,6-7,10-13,15H2,1H3,(H2,23,24,25);1H. The van der Waals surface area contributed by atoms with Crippen LogP contribution in [0.15, 0.2) is 39.7 Å². The Morgan fingerprint density at radius 3 is 2.79 bits per heavy atom. The molecule has 1 unspecified atom stereocenters. The molecule has 0 radical (unpaired) electrons. The summed E-state index contributed by atoms with van der Waals surface area (Å²) in [6.07, 6.45) is 6.31. The summed E-state index contributed by atoms with van der Waals surface area (Å²) in [6.45, 7) is 2.37. The normalized spacial score (nSPS) is 20.1. The molecule has 1 aromatic heterocycles. The minimum Gasteiger partial charge on any atom is -0.461 e. The van der Waals surface area contributed by atoms with Crippen molar-refractivity contribution in [2.24, 2.45) is 10.9 Å². The molecule has 1 aliphatic heterocycles. The topological polar surface area (TPSA) is 69.9 Å². The van der Waals surface area contributed by atoms with Crippen molar-refractivity contribution >= 4 is 46.8 Å². The lowest BCUT2D eigenvalue weighted by molar-refractivity contribution is -0.134. The molecule has 1 amide bonds. The Morgan fingerprint density at radius 2 is 2.03 bits per heavy atom. The van der Waals surface area contributed by atoms with Gasteiger partial charge in [-0.05, 0) is 31.4 Å². The van der Waals surface area contributed by atoms with Gasteiger partial charge in [0.05, 0.1) is 0 Å². The number of guanidine groups is 1. The van der Waals surface area contributed by atoms with E-state index in [0.29, 0.717) is 5.91 Å². The first kappa shape index (κ1) is 21.9. The molecule has 2 heterocycles. The summed E-state index contributed by atoms with van der Waals surface area (Å²) in [5, 5.41) is 7.97. The van der Waals surface area contributed by atoms with Crippen molar-refractivity contribution in [2.45, 2.75) is 44.6 Å². The Labute approximate surface area is 189 Å². The molecule has 2 N–H and O–H groups in total. The lowest BCUT2D eigenvalue weighted by Gasteiger charge is -2.21. The second-order valence-corrected chi connectivity index (χ2v) is 7.90. The molecule has 1 aliphatic carbocycles. The predicted molar refractivity (Wildman–Crippen MR) is 127 cm³/mol. The van der Waals surface area contributed by atoms with Gasteiger partial charge in [0.2, 0.25) is 5.91 Å². The van der Waals surface area contributed by atoms with E-state index in [2.05, 4.69) is 27.8 Å². The molecular formula is C22H31IN4O2. The van der Waals surface area contributed by atoms with Crippen molar-refractivity contribution in [3.05, 3.63) is 36.1 Å². The first-order valence-corrected chi connectivity index (χ1v) is 10.5. The molecule has 29 heavy (non-hydrogen) atoms. The van der Waals surface area contributed by atoms with Crippen LogP contribution in [0.4, 0.5) is 0 Å². The highest BCUT2D eigenvalue weighted by Crippen LogP contribution is 2.27. The van der Waals surface area contributed by atoms with Gasteiger partial charge in [0.25, 0.3) is 0 Å². The number of amides is 1. The quantitative estimate of drug-likeness (QED) is 0.367. The summed E-state index contributed by atoms with van der Waals surface area (Å²) in [4.78, 5) is 19.0. The molecule has 6 nitrogen and oxygen atoms in total. The maximum Gasteiger partial charge on any atom is 0.225 e. The Bertz CT molecular complexity index is 811. The monoisotopic (exact) mass is 510 g/mol. The van der Waals surface area contributed by atoms with E-state index < -0.39 is 0 Å². The number of hydrogen-bond acceptors (Lipinski definition) is 3. The molecule has 1 saturated heterocycles. The molecular weight excluding hydrogens is 479 g/mol.